The van der Waals surface area contributed by atoms with Crippen LogP contribution >= 0.6 is 0 Å². The summed E-state index contributed by atoms with van der Waals surface area (Å²) >= 11 is 0. The third-order valence-corrected chi connectivity index (χ3v) is 4.40. The lowest BCUT2D eigenvalue weighted by atomic mass is 9.93. The molecule has 4 nitrogen and oxygen atoms in total. The van der Waals surface area contributed by atoms with Gasteiger partial charge in [0.15, 0.2) is 0 Å². The van der Waals surface area contributed by atoms with E-state index in [4.69, 9.17) is 0 Å². The van der Waals surface area contributed by atoms with Crippen LogP contribution in [0.2, 0.25) is 0 Å². The maximum Gasteiger partial charge on any atom is 0.223 e. The van der Waals surface area contributed by atoms with E-state index >= 15 is 0 Å². The van der Waals surface area contributed by atoms with Crippen LogP contribution in [0.25, 0.3) is 0 Å². The van der Waals surface area contributed by atoms with Crippen molar-refractivity contribution in [3.8, 4) is 5.75 Å². The molecule has 2 rings (SSSR count). The molecule has 1 aromatic rings. The van der Waals surface area contributed by atoms with Crippen molar-refractivity contribution in [2.45, 2.75) is 39.2 Å². The largest absolute Gasteiger partial charge is 0.508 e. The molecule has 1 saturated heterocycles. The molecule has 1 amide bonds. The summed E-state index contributed by atoms with van der Waals surface area (Å²) in [6, 6.07) is 7.18. The van der Waals surface area contributed by atoms with Crippen LogP contribution in [0.3, 0.4) is 0 Å². The van der Waals surface area contributed by atoms with E-state index in [0.717, 1.165) is 31.5 Å². The molecule has 0 saturated carbocycles. The number of rotatable bonds is 5. The van der Waals surface area contributed by atoms with Crippen LogP contribution in [0.1, 0.15) is 44.7 Å². The monoisotopic (exact) mass is 290 g/mol. The predicted octanol–water partition coefficient (Wildman–Crippen LogP) is 2.69. The predicted molar refractivity (Wildman–Crippen MR) is 84.1 cm³/mol. The van der Waals surface area contributed by atoms with E-state index in [-0.39, 0.29) is 17.7 Å². The lowest BCUT2D eigenvalue weighted by molar-refractivity contribution is -0.134. The Morgan fingerprint density at radius 3 is 2.76 bits per heavy atom. The van der Waals surface area contributed by atoms with Gasteiger partial charge in [0, 0.05) is 13.0 Å². The molecule has 0 radical (unpaired) electrons. The molecule has 2 N–H and O–H groups in total. The van der Waals surface area contributed by atoms with Gasteiger partial charge >= 0.3 is 0 Å². The number of carbonyl (C=O) groups is 1. The number of aromatic hydroxyl groups is 1. The van der Waals surface area contributed by atoms with Crippen molar-refractivity contribution in [1.82, 2.24) is 10.2 Å². The molecular weight excluding hydrogens is 264 g/mol. The first-order chi connectivity index (χ1) is 10.1. The van der Waals surface area contributed by atoms with Crippen LogP contribution in [0, 0.1) is 5.92 Å². The van der Waals surface area contributed by atoms with E-state index in [2.05, 4.69) is 5.32 Å². The van der Waals surface area contributed by atoms with Crippen LogP contribution < -0.4 is 5.32 Å². The van der Waals surface area contributed by atoms with Crippen molar-refractivity contribution in [1.29, 1.82) is 0 Å². The van der Waals surface area contributed by atoms with Crippen LogP contribution in [0.5, 0.6) is 5.75 Å². The summed E-state index contributed by atoms with van der Waals surface area (Å²) in [7, 11) is 0. The Kier molecular flexibility index (Phi) is 5.62. The first-order valence-corrected chi connectivity index (χ1v) is 7.91. The zero-order valence-electron chi connectivity index (χ0n) is 13.0. The van der Waals surface area contributed by atoms with Crippen molar-refractivity contribution in [2.75, 3.05) is 19.6 Å². The second-order valence-electron chi connectivity index (χ2n) is 5.85. The van der Waals surface area contributed by atoms with Crippen molar-refractivity contribution < 1.29 is 9.90 Å². The zero-order valence-corrected chi connectivity index (χ0v) is 13.0. The molecule has 0 spiro atoms. The third-order valence-electron chi connectivity index (χ3n) is 4.40. The number of piperidine rings is 1. The molecule has 1 atom stereocenters. The summed E-state index contributed by atoms with van der Waals surface area (Å²) in [6.07, 6.45) is 2.81. The van der Waals surface area contributed by atoms with E-state index in [0.29, 0.717) is 18.9 Å². The van der Waals surface area contributed by atoms with Gasteiger partial charge in [0.2, 0.25) is 5.91 Å². The Morgan fingerprint density at radius 1 is 1.43 bits per heavy atom. The smallest absolute Gasteiger partial charge is 0.223 e. The number of benzene rings is 1. The summed E-state index contributed by atoms with van der Waals surface area (Å²) in [4.78, 5) is 14.5. The van der Waals surface area contributed by atoms with Crippen molar-refractivity contribution in [2.24, 2.45) is 5.92 Å². The lowest BCUT2D eigenvalue weighted by Gasteiger charge is -2.31. The Hall–Kier alpha value is -1.55. The Balaban J connectivity index is 2.01. The number of hydrogen-bond acceptors (Lipinski definition) is 3. The SMILES string of the molecule is CCN(C(=O)CC1CCNCC1)C(C)c1cccc(O)c1. The van der Waals surface area contributed by atoms with Gasteiger partial charge in [0.25, 0.3) is 0 Å². The van der Waals surface area contributed by atoms with E-state index in [1.807, 2.05) is 30.9 Å². The van der Waals surface area contributed by atoms with Gasteiger partial charge in [-0.3, -0.25) is 4.79 Å². The van der Waals surface area contributed by atoms with Crippen molar-refractivity contribution in [3.05, 3.63) is 29.8 Å². The first-order valence-electron chi connectivity index (χ1n) is 7.91. The molecule has 1 aliphatic rings. The number of amides is 1. The molecule has 0 bridgehead atoms. The highest BCUT2D eigenvalue weighted by Crippen LogP contribution is 2.26. The van der Waals surface area contributed by atoms with E-state index in [1.165, 1.54) is 0 Å². The Labute approximate surface area is 127 Å². The number of nitrogens with zero attached hydrogens (tertiary/aromatic N) is 1. The summed E-state index contributed by atoms with van der Waals surface area (Å²) in [5.41, 5.74) is 0.982. The minimum atomic E-state index is -0.00341. The van der Waals surface area contributed by atoms with Crippen LogP contribution in [0.15, 0.2) is 24.3 Å². The van der Waals surface area contributed by atoms with Gasteiger partial charge < -0.3 is 15.3 Å². The fourth-order valence-electron chi connectivity index (χ4n) is 3.08. The lowest BCUT2D eigenvalue weighted by Crippen LogP contribution is -2.36. The van der Waals surface area contributed by atoms with Crippen LogP contribution in [-0.4, -0.2) is 35.5 Å². The molecule has 1 heterocycles. The van der Waals surface area contributed by atoms with Crippen molar-refractivity contribution >= 4 is 5.91 Å². The standard InChI is InChI=1S/C17H26N2O2/c1-3-19(13(2)15-5-4-6-16(20)12-15)17(21)11-14-7-9-18-10-8-14/h4-6,12-14,18,20H,3,7-11H2,1-2H3. The second kappa shape index (κ2) is 7.46. The zero-order chi connectivity index (χ0) is 15.2. The molecular formula is C17H26N2O2. The van der Waals surface area contributed by atoms with Gasteiger partial charge in [0.1, 0.15) is 5.75 Å². The second-order valence-corrected chi connectivity index (χ2v) is 5.85. The van der Waals surface area contributed by atoms with Crippen molar-refractivity contribution in [3.63, 3.8) is 0 Å². The number of phenols is 1. The quantitative estimate of drug-likeness (QED) is 0.876. The van der Waals surface area contributed by atoms with Gasteiger partial charge in [-0.2, -0.15) is 0 Å². The number of hydrogen-bond donors (Lipinski definition) is 2. The Morgan fingerprint density at radius 2 is 2.14 bits per heavy atom. The minimum Gasteiger partial charge on any atom is -0.508 e. The molecule has 116 valence electrons. The first kappa shape index (κ1) is 15.8. The van der Waals surface area contributed by atoms with E-state index in [1.54, 1.807) is 12.1 Å². The number of nitrogens with one attached hydrogen (secondary N) is 1. The van der Waals surface area contributed by atoms with Gasteiger partial charge in [-0.25, -0.2) is 0 Å². The molecule has 1 fully saturated rings. The summed E-state index contributed by atoms with van der Waals surface area (Å²) in [5.74, 6) is 0.977. The molecule has 1 unspecified atom stereocenters. The van der Waals surface area contributed by atoms with E-state index < -0.39 is 0 Å². The summed E-state index contributed by atoms with van der Waals surface area (Å²) in [6.45, 7) is 6.78. The third kappa shape index (κ3) is 4.21. The highest BCUT2D eigenvalue weighted by molar-refractivity contribution is 5.77. The average molecular weight is 290 g/mol. The fourth-order valence-corrected chi connectivity index (χ4v) is 3.08. The highest BCUT2D eigenvalue weighted by Gasteiger charge is 2.24. The highest BCUT2D eigenvalue weighted by atomic mass is 16.3. The molecule has 0 aromatic heterocycles. The number of phenolic OH excluding ortho intramolecular Hbond substituents is 1. The van der Waals surface area contributed by atoms with Gasteiger partial charge in [-0.05, 0) is 63.4 Å². The van der Waals surface area contributed by atoms with Crippen LogP contribution in [-0.2, 0) is 4.79 Å². The Bertz CT molecular complexity index is 470. The molecule has 21 heavy (non-hydrogen) atoms. The molecule has 4 heteroatoms. The topological polar surface area (TPSA) is 52.6 Å². The summed E-state index contributed by atoms with van der Waals surface area (Å²) < 4.78 is 0. The normalized spacial score (nSPS) is 17.4. The molecule has 1 aromatic carbocycles. The number of carbonyl (C=O) groups excluding carboxylic acids is 1. The van der Waals surface area contributed by atoms with Gasteiger partial charge in [-0.1, -0.05) is 12.1 Å². The summed E-state index contributed by atoms with van der Waals surface area (Å²) in [5, 5.41) is 12.9. The maximum absolute atomic E-state index is 12.6. The molecule has 1 aliphatic heterocycles. The fraction of sp³-hybridized carbons (Fsp3) is 0.588. The maximum atomic E-state index is 12.6. The van der Waals surface area contributed by atoms with Gasteiger partial charge in [0.05, 0.1) is 6.04 Å². The minimum absolute atomic E-state index is 0.00341. The van der Waals surface area contributed by atoms with Crippen LogP contribution in [0.4, 0.5) is 0 Å². The van der Waals surface area contributed by atoms with Gasteiger partial charge in [-0.15, -0.1) is 0 Å². The van der Waals surface area contributed by atoms with E-state index in [9.17, 15) is 9.90 Å². The molecule has 0 aliphatic carbocycles. The average Bonchev–Trinajstić information content (AvgIpc) is 2.49.